The second-order valence-electron chi connectivity index (χ2n) is 13.6. The lowest BCUT2D eigenvalue weighted by atomic mass is 9.97. The third-order valence-electron chi connectivity index (χ3n) is 7.97. The summed E-state index contributed by atoms with van der Waals surface area (Å²) in [6.45, 7) is 14.0. The first-order valence-corrected chi connectivity index (χ1v) is 16.8. The molecule has 0 aromatic heterocycles. The van der Waals surface area contributed by atoms with Crippen LogP contribution in [0.25, 0.3) is 0 Å². The van der Waals surface area contributed by atoms with Gasteiger partial charge >= 0.3 is 12.1 Å². The van der Waals surface area contributed by atoms with E-state index in [1.165, 1.54) is 56.9 Å². The van der Waals surface area contributed by atoms with E-state index in [0.29, 0.717) is 24.2 Å². The van der Waals surface area contributed by atoms with E-state index >= 15 is 0 Å². The first-order chi connectivity index (χ1) is 22.6. The monoisotopic (exact) mass is 696 g/mol. The van der Waals surface area contributed by atoms with Crippen LogP contribution in [0.3, 0.4) is 0 Å². The van der Waals surface area contributed by atoms with Crippen molar-refractivity contribution in [2.45, 2.75) is 105 Å². The minimum Gasteiger partial charge on any atom is -0.343 e. The van der Waals surface area contributed by atoms with Crippen molar-refractivity contribution in [1.82, 2.24) is 40.9 Å². The first-order valence-electron chi connectivity index (χ1n) is 16.8. The SMILES string of the molecule is CCCC(=O)N(C)CC(=O)N(C)[C@@H](CC(C)C)C(=O)N[C@H](C(=O)N(C)[C@@H](CC(C)C)C(=O)N[C@@H](C)C(=O)NC(=O)N(C)C(=O)NC)C(C)C. The fraction of sp³-hybridized carbons (Fsp3) is 0.758. The Balaban J connectivity index is 6.04. The van der Waals surface area contributed by atoms with Crippen LogP contribution in [0.1, 0.15) is 81.1 Å². The van der Waals surface area contributed by atoms with E-state index in [2.05, 4.69) is 16.0 Å². The molecule has 0 fully saturated rings. The number of nitrogens with one attached hydrogen (secondary N) is 4. The summed E-state index contributed by atoms with van der Waals surface area (Å²) in [5, 5.41) is 9.65. The molecule has 0 aliphatic heterocycles. The number of hydrogen-bond donors (Lipinski definition) is 4. The molecule has 0 radical (unpaired) electrons. The molecule has 0 saturated carbocycles. The number of likely N-dealkylation sites (N-methyl/N-ethyl adjacent to an activating group) is 3. The summed E-state index contributed by atoms with van der Waals surface area (Å²) >= 11 is 0. The highest BCUT2D eigenvalue weighted by atomic mass is 16.2. The maximum Gasteiger partial charge on any atom is 0.331 e. The molecule has 4 atom stereocenters. The van der Waals surface area contributed by atoms with Gasteiger partial charge in [-0.2, -0.15) is 0 Å². The Morgan fingerprint density at radius 1 is 0.633 bits per heavy atom. The molecule has 0 bridgehead atoms. The zero-order valence-corrected chi connectivity index (χ0v) is 31.6. The third-order valence-corrected chi connectivity index (χ3v) is 7.97. The van der Waals surface area contributed by atoms with Gasteiger partial charge in [0.2, 0.25) is 35.4 Å². The lowest BCUT2D eigenvalue weighted by molar-refractivity contribution is -0.146. The summed E-state index contributed by atoms with van der Waals surface area (Å²) < 4.78 is 0. The lowest BCUT2D eigenvalue weighted by Crippen LogP contribution is -2.60. The van der Waals surface area contributed by atoms with E-state index in [1.54, 1.807) is 13.8 Å². The highest BCUT2D eigenvalue weighted by Crippen LogP contribution is 2.17. The molecule has 0 heterocycles. The molecule has 0 unspecified atom stereocenters. The largest absolute Gasteiger partial charge is 0.343 e. The molecule has 0 rings (SSSR count). The van der Waals surface area contributed by atoms with Gasteiger partial charge in [0.05, 0.1) is 6.54 Å². The zero-order valence-electron chi connectivity index (χ0n) is 31.6. The van der Waals surface area contributed by atoms with E-state index in [1.807, 2.05) is 39.9 Å². The van der Waals surface area contributed by atoms with Crippen LogP contribution in [0, 0.1) is 17.8 Å². The van der Waals surface area contributed by atoms with Crippen molar-refractivity contribution in [3.63, 3.8) is 0 Å². The predicted molar refractivity (Wildman–Crippen MR) is 185 cm³/mol. The quantitative estimate of drug-likeness (QED) is 0.174. The van der Waals surface area contributed by atoms with E-state index in [0.717, 1.165) is 0 Å². The maximum absolute atomic E-state index is 13.9. The fourth-order valence-electron chi connectivity index (χ4n) is 4.82. The van der Waals surface area contributed by atoms with E-state index in [9.17, 15) is 38.4 Å². The molecular formula is C33H60N8O8. The second-order valence-corrected chi connectivity index (χ2v) is 13.6. The molecule has 49 heavy (non-hydrogen) atoms. The molecule has 0 aromatic carbocycles. The molecule has 0 aliphatic rings. The van der Waals surface area contributed by atoms with Crippen LogP contribution >= 0.6 is 0 Å². The maximum atomic E-state index is 13.9. The van der Waals surface area contributed by atoms with Crippen molar-refractivity contribution >= 4 is 47.5 Å². The molecule has 0 aromatic rings. The molecular weight excluding hydrogens is 636 g/mol. The van der Waals surface area contributed by atoms with Crippen LogP contribution in [0.15, 0.2) is 0 Å². The number of rotatable bonds is 17. The topological polar surface area (TPSA) is 198 Å². The average Bonchev–Trinajstić information content (AvgIpc) is 3.02. The Hall–Kier alpha value is -4.24. The first kappa shape index (κ1) is 44.8. The Labute approximate surface area is 291 Å². The zero-order chi connectivity index (χ0) is 38.3. The molecule has 16 nitrogen and oxygen atoms in total. The molecule has 0 aliphatic carbocycles. The van der Waals surface area contributed by atoms with Crippen molar-refractivity contribution in [1.29, 1.82) is 0 Å². The van der Waals surface area contributed by atoms with Crippen LogP contribution in [-0.2, 0) is 28.8 Å². The van der Waals surface area contributed by atoms with Gasteiger partial charge in [-0.3, -0.25) is 34.1 Å². The number of amides is 10. The van der Waals surface area contributed by atoms with Gasteiger partial charge < -0.3 is 30.7 Å². The van der Waals surface area contributed by atoms with Gasteiger partial charge in [0.25, 0.3) is 0 Å². The highest BCUT2D eigenvalue weighted by Gasteiger charge is 2.37. The number of carbonyl (C=O) groups excluding carboxylic acids is 8. The summed E-state index contributed by atoms with van der Waals surface area (Å²) in [5.74, 6) is -3.67. The summed E-state index contributed by atoms with van der Waals surface area (Å²) in [4.78, 5) is 108. The summed E-state index contributed by atoms with van der Waals surface area (Å²) in [6.07, 6.45) is 1.46. The van der Waals surface area contributed by atoms with Crippen molar-refractivity contribution in [2.24, 2.45) is 17.8 Å². The second kappa shape index (κ2) is 21.0. The van der Waals surface area contributed by atoms with Gasteiger partial charge in [-0.05, 0) is 43.9 Å². The Morgan fingerprint density at radius 3 is 1.57 bits per heavy atom. The van der Waals surface area contributed by atoms with Crippen molar-refractivity contribution in [3.05, 3.63) is 0 Å². The Bertz CT molecular complexity index is 1190. The smallest absolute Gasteiger partial charge is 0.331 e. The third kappa shape index (κ3) is 14.4. The van der Waals surface area contributed by atoms with Gasteiger partial charge in [-0.1, -0.05) is 48.5 Å². The highest BCUT2D eigenvalue weighted by molar-refractivity contribution is 6.04. The average molecular weight is 697 g/mol. The fourth-order valence-corrected chi connectivity index (χ4v) is 4.82. The van der Waals surface area contributed by atoms with E-state index in [4.69, 9.17) is 0 Å². The molecule has 10 amide bonds. The molecule has 280 valence electrons. The van der Waals surface area contributed by atoms with Crippen LogP contribution in [0.5, 0.6) is 0 Å². The predicted octanol–water partition coefficient (Wildman–Crippen LogP) is 1.14. The van der Waals surface area contributed by atoms with Crippen molar-refractivity contribution in [2.75, 3.05) is 41.8 Å². The molecule has 0 spiro atoms. The van der Waals surface area contributed by atoms with Crippen LogP contribution in [-0.4, -0.2) is 133 Å². The minimum absolute atomic E-state index is 0.0131. The Kier molecular flexibility index (Phi) is 19.2. The van der Waals surface area contributed by atoms with Crippen LogP contribution in [0.2, 0.25) is 0 Å². The van der Waals surface area contributed by atoms with Gasteiger partial charge in [-0.25, -0.2) is 14.5 Å². The number of urea groups is 2. The number of carbonyl (C=O) groups is 8. The standard InChI is InChI=1S/C33H60N8O8/c1-14-15-25(42)38(10)18-26(43)39(11)23(16-19(2)3)30(46)36-27(21(6)7)31(47)40(12)24(17-20(4)5)29(45)35-22(8)28(44)37-33(49)41(13)32(48)34-9/h19-24,27H,14-18H2,1-13H3,(H,34,48)(H,35,45)(H,36,46)(H,37,44,49)/t22-,23-,24-,27-/m0/s1. The molecule has 4 N–H and O–H groups in total. The summed E-state index contributed by atoms with van der Waals surface area (Å²) in [6, 6.07) is -5.98. The summed E-state index contributed by atoms with van der Waals surface area (Å²) in [5.41, 5.74) is 0. The molecule has 16 heteroatoms. The van der Waals surface area contributed by atoms with Gasteiger partial charge in [0.15, 0.2) is 0 Å². The lowest BCUT2D eigenvalue weighted by Gasteiger charge is -2.35. The number of imide groups is 2. The van der Waals surface area contributed by atoms with E-state index in [-0.39, 0.29) is 30.7 Å². The normalized spacial score (nSPS) is 13.5. The minimum atomic E-state index is -1.20. The van der Waals surface area contributed by atoms with Gasteiger partial charge in [0.1, 0.15) is 24.2 Å². The van der Waals surface area contributed by atoms with Crippen molar-refractivity contribution in [3.8, 4) is 0 Å². The number of nitrogens with zero attached hydrogens (tertiary/aromatic N) is 4. The van der Waals surface area contributed by atoms with Gasteiger partial charge in [-0.15, -0.1) is 0 Å². The summed E-state index contributed by atoms with van der Waals surface area (Å²) in [7, 11) is 6.96. The van der Waals surface area contributed by atoms with Crippen molar-refractivity contribution < 1.29 is 38.4 Å². The van der Waals surface area contributed by atoms with E-state index < -0.39 is 71.7 Å². The van der Waals surface area contributed by atoms with Crippen LogP contribution < -0.4 is 21.3 Å². The molecule has 0 saturated heterocycles. The Morgan fingerprint density at radius 2 is 1.12 bits per heavy atom. The van der Waals surface area contributed by atoms with Gasteiger partial charge in [0, 0.05) is 41.7 Å². The van der Waals surface area contributed by atoms with Crippen LogP contribution in [0.4, 0.5) is 9.59 Å². The number of hydrogen-bond acceptors (Lipinski definition) is 8.